The Kier molecular flexibility index (Phi) is 5.62. The first kappa shape index (κ1) is 19.1. The van der Waals surface area contributed by atoms with Crippen LogP contribution in [0.3, 0.4) is 0 Å². The Morgan fingerprint density at radius 2 is 1.78 bits per heavy atom. The first-order chi connectivity index (χ1) is 12.9. The third-order valence-corrected chi connectivity index (χ3v) is 4.92. The fourth-order valence-corrected chi connectivity index (χ4v) is 3.82. The maximum absolute atomic E-state index is 12.1. The molecule has 1 saturated heterocycles. The van der Waals surface area contributed by atoms with Gasteiger partial charge in [0.25, 0.3) is 0 Å². The van der Waals surface area contributed by atoms with Crippen LogP contribution in [0.25, 0.3) is 10.9 Å². The van der Waals surface area contributed by atoms with Crippen LogP contribution < -0.4 is 0 Å². The van der Waals surface area contributed by atoms with Crippen LogP contribution >= 0.6 is 0 Å². The van der Waals surface area contributed by atoms with Gasteiger partial charge in [-0.1, -0.05) is 30.4 Å². The monoisotopic (exact) mass is 371 g/mol. The van der Waals surface area contributed by atoms with Gasteiger partial charge < -0.3 is 14.8 Å². The topological polar surface area (TPSA) is 86.0 Å². The maximum Gasteiger partial charge on any atom is 0.325 e. The molecule has 2 aromatic rings. The van der Waals surface area contributed by atoms with Crippen molar-refractivity contribution in [2.24, 2.45) is 0 Å². The van der Waals surface area contributed by atoms with Crippen molar-refractivity contribution >= 4 is 22.8 Å². The van der Waals surface area contributed by atoms with Crippen LogP contribution in [0.4, 0.5) is 0 Å². The SMILES string of the molecule is C=C(C)CN1CCN([C@H](C(=O)O)c2cn(CC(=O)O)c3ccccc23)CC1. The van der Waals surface area contributed by atoms with Crippen molar-refractivity contribution in [2.45, 2.75) is 19.5 Å². The van der Waals surface area contributed by atoms with Gasteiger partial charge in [-0.3, -0.25) is 19.4 Å². The van der Waals surface area contributed by atoms with Gasteiger partial charge in [-0.25, -0.2) is 0 Å². The number of carbonyl (C=O) groups is 2. The Hall–Kier alpha value is -2.64. The Labute approximate surface area is 158 Å². The van der Waals surface area contributed by atoms with Gasteiger partial charge in [0.1, 0.15) is 12.6 Å². The second-order valence-corrected chi connectivity index (χ2v) is 7.13. The third-order valence-electron chi connectivity index (χ3n) is 4.92. The van der Waals surface area contributed by atoms with E-state index in [1.807, 2.05) is 36.1 Å². The van der Waals surface area contributed by atoms with Crippen molar-refractivity contribution in [3.8, 4) is 0 Å². The van der Waals surface area contributed by atoms with Crippen LogP contribution in [-0.2, 0) is 16.1 Å². The average molecular weight is 371 g/mol. The molecule has 1 aliphatic heterocycles. The summed E-state index contributed by atoms with van der Waals surface area (Å²) in [6.45, 7) is 9.40. The van der Waals surface area contributed by atoms with E-state index in [1.54, 1.807) is 10.8 Å². The standard InChI is InChI=1S/C20H25N3O4/c1-14(2)11-21-7-9-22(10-8-21)19(20(26)27)16-12-23(13-18(24)25)17-6-4-3-5-15(16)17/h3-6,12,19H,1,7-11,13H2,2H3,(H,24,25)(H,26,27)/t19-/m0/s1. The van der Waals surface area contributed by atoms with Crippen LogP contribution in [0, 0.1) is 0 Å². The lowest BCUT2D eigenvalue weighted by molar-refractivity contribution is -0.144. The zero-order chi connectivity index (χ0) is 19.6. The number of para-hydroxylation sites is 1. The van der Waals surface area contributed by atoms with Crippen molar-refractivity contribution in [1.29, 1.82) is 0 Å². The molecule has 0 saturated carbocycles. The van der Waals surface area contributed by atoms with E-state index in [1.165, 1.54) is 0 Å². The molecule has 0 aliphatic carbocycles. The second kappa shape index (κ2) is 7.94. The predicted molar refractivity (Wildman–Crippen MR) is 103 cm³/mol. The molecule has 0 unspecified atom stereocenters. The number of aliphatic carboxylic acids is 2. The molecule has 144 valence electrons. The quantitative estimate of drug-likeness (QED) is 0.725. The van der Waals surface area contributed by atoms with E-state index in [0.29, 0.717) is 18.7 Å². The number of hydrogen-bond donors (Lipinski definition) is 2. The minimum absolute atomic E-state index is 0.195. The molecular formula is C20H25N3O4. The Balaban J connectivity index is 1.91. The van der Waals surface area contributed by atoms with Gasteiger partial charge in [-0.05, 0) is 13.0 Å². The molecule has 7 nitrogen and oxygen atoms in total. The summed E-state index contributed by atoms with van der Waals surface area (Å²) < 4.78 is 1.61. The fraction of sp³-hybridized carbons (Fsp3) is 0.400. The number of fused-ring (bicyclic) bond motifs is 1. The van der Waals surface area contributed by atoms with Crippen LogP contribution in [-0.4, -0.2) is 69.2 Å². The molecule has 1 fully saturated rings. The minimum atomic E-state index is -0.956. The number of carboxylic acids is 2. The number of rotatable bonds is 7. The predicted octanol–water partition coefficient (Wildman–Crippen LogP) is 2.05. The van der Waals surface area contributed by atoms with E-state index >= 15 is 0 Å². The highest BCUT2D eigenvalue weighted by atomic mass is 16.4. The van der Waals surface area contributed by atoms with Gasteiger partial charge in [0.2, 0.25) is 0 Å². The van der Waals surface area contributed by atoms with Crippen LogP contribution in [0.5, 0.6) is 0 Å². The summed E-state index contributed by atoms with van der Waals surface area (Å²) in [5, 5.41) is 19.9. The molecular weight excluding hydrogens is 346 g/mol. The Bertz CT molecular complexity index is 865. The summed E-state index contributed by atoms with van der Waals surface area (Å²) >= 11 is 0. The van der Waals surface area contributed by atoms with Crippen molar-refractivity contribution in [3.05, 3.63) is 48.2 Å². The van der Waals surface area contributed by atoms with Crippen LogP contribution in [0.1, 0.15) is 18.5 Å². The van der Waals surface area contributed by atoms with Crippen molar-refractivity contribution < 1.29 is 19.8 Å². The van der Waals surface area contributed by atoms with Crippen LogP contribution in [0.2, 0.25) is 0 Å². The minimum Gasteiger partial charge on any atom is -0.480 e. The number of piperazine rings is 1. The molecule has 0 amide bonds. The summed E-state index contributed by atoms with van der Waals surface area (Å²) in [4.78, 5) is 27.6. The summed E-state index contributed by atoms with van der Waals surface area (Å²) in [6, 6.07) is 6.57. The van der Waals surface area contributed by atoms with Crippen molar-refractivity contribution in [3.63, 3.8) is 0 Å². The summed E-state index contributed by atoms with van der Waals surface area (Å²) in [6.07, 6.45) is 1.68. The first-order valence-electron chi connectivity index (χ1n) is 9.00. The zero-order valence-corrected chi connectivity index (χ0v) is 15.5. The van der Waals surface area contributed by atoms with Gasteiger partial charge in [0.05, 0.1) is 0 Å². The molecule has 0 spiro atoms. The van der Waals surface area contributed by atoms with Gasteiger partial charge >= 0.3 is 11.9 Å². The Morgan fingerprint density at radius 3 is 2.37 bits per heavy atom. The smallest absolute Gasteiger partial charge is 0.325 e. The highest BCUT2D eigenvalue weighted by molar-refractivity contribution is 5.90. The number of carboxylic acid groups (broad SMARTS) is 2. The largest absolute Gasteiger partial charge is 0.480 e. The maximum atomic E-state index is 12.1. The molecule has 7 heteroatoms. The van der Waals surface area contributed by atoms with E-state index in [0.717, 1.165) is 36.1 Å². The summed E-state index contributed by atoms with van der Waals surface area (Å²) in [5.41, 5.74) is 2.48. The fourth-order valence-electron chi connectivity index (χ4n) is 3.82. The van der Waals surface area contributed by atoms with Crippen molar-refractivity contribution in [1.82, 2.24) is 14.4 Å². The van der Waals surface area contributed by atoms with Crippen molar-refractivity contribution in [2.75, 3.05) is 32.7 Å². The summed E-state index contributed by atoms with van der Waals surface area (Å²) in [7, 11) is 0. The van der Waals surface area contributed by atoms with E-state index in [2.05, 4.69) is 11.5 Å². The molecule has 1 aromatic carbocycles. The molecule has 2 N–H and O–H groups in total. The summed E-state index contributed by atoms with van der Waals surface area (Å²) in [5.74, 6) is -1.87. The molecule has 2 heterocycles. The molecule has 27 heavy (non-hydrogen) atoms. The highest BCUT2D eigenvalue weighted by Gasteiger charge is 2.32. The number of nitrogens with zero attached hydrogens (tertiary/aromatic N) is 3. The second-order valence-electron chi connectivity index (χ2n) is 7.13. The van der Waals surface area contributed by atoms with E-state index in [-0.39, 0.29) is 6.54 Å². The van der Waals surface area contributed by atoms with Gasteiger partial charge in [0, 0.05) is 55.4 Å². The third kappa shape index (κ3) is 4.20. The normalized spacial score (nSPS) is 17.1. The molecule has 1 atom stereocenters. The van der Waals surface area contributed by atoms with Gasteiger partial charge in [-0.15, -0.1) is 0 Å². The van der Waals surface area contributed by atoms with E-state index in [9.17, 15) is 19.8 Å². The highest BCUT2D eigenvalue weighted by Crippen LogP contribution is 2.31. The van der Waals surface area contributed by atoms with E-state index < -0.39 is 18.0 Å². The Morgan fingerprint density at radius 1 is 1.11 bits per heavy atom. The van der Waals surface area contributed by atoms with Gasteiger partial charge in [-0.2, -0.15) is 0 Å². The van der Waals surface area contributed by atoms with Crippen LogP contribution in [0.15, 0.2) is 42.6 Å². The molecule has 1 aliphatic rings. The molecule has 1 aromatic heterocycles. The zero-order valence-electron chi connectivity index (χ0n) is 15.5. The number of hydrogen-bond acceptors (Lipinski definition) is 4. The lowest BCUT2D eigenvalue weighted by atomic mass is 10.0. The lowest BCUT2D eigenvalue weighted by Gasteiger charge is -2.37. The van der Waals surface area contributed by atoms with E-state index in [4.69, 9.17) is 0 Å². The number of benzene rings is 1. The average Bonchev–Trinajstić information content (AvgIpc) is 2.94. The van der Waals surface area contributed by atoms with Gasteiger partial charge in [0.15, 0.2) is 0 Å². The molecule has 0 radical (unpaired) electrons. The number of aromatic nitrogens is 1. The molecule has 0 bridgehead atoms. The first-order valence-corrected chi connectivity index (χ1v) is 9.00. The molecule has 3 rings (SSSR count). The lowest BCUT2D eigenvalue weighted by Crippen LogP contribution is -2.49.